The topological polar surface area (TPSA) is 64.5 Å². The first-order chi connectivity index (χ1) is 10.2. The molecule has 106 valence electrons. The van der Waals surface area contributed by atoms with E-state index in [0.29, 0.717) is 0 Å². The number of aryl methyl sites for hydroxylation is 4. The summed E-state index contributed by atoms with van der Waals surface area (Å²) in [5, 5.41) is 18.7. The summed E-state index contributed by atoms with van der Waals surface area (Å²) >= 11 is 1.63. The highest BCUT2D eigenvalue weighted by atomic mass is 32.1. The number of nitrogens with zero attached hydrogens (tertiary/aromatic N) is 5. The van der Waals surface area contributed by atoms with Gasteiger partial charge in [0.15, 0.2) is 0 Å². The predicted molar refractivity (Wildman–Crippen MR) is 82.1 cm³/mol. The highest BCUT2D eigenvalue weighted by molar-refractivity contribution is 7.11. The first-order valence-corrected chi connectivity index (χ1v) is 7.57. The predicted octanol–water partition coefficient (Wildman–Crippen LogP) is 2.79. The Labute approximate surface area is 127 Å². The van der Waals surface area contributed by atoms with E-state index in [2.05, 4.69) is 25.4 Å². The van der Waals surface area contributed by atoms with Crippen molar-refractivity contribution >= 4 is 11.3 Å². The third-order valence-electron chi connectivity index (χ3n) is 3.06. The van der Waals surface area contributed by atoms with Gasteiger partial charge in [0.1, 0.15) is 15.7 Å². The van der Waals surface area contributed by atoms with Gasteiger partial charge in [0.25, 0.3) is 0 Å². The average molecular weight is 297 g/mol. The molecule has 3 aromatic rings. The number of hydrogen-bond acceptors (Lipinski definition) is 6. The molecule has 0 bridgehead atoms. The van der Waals surface area contributed by atoms with Crippen molar-refractivity contribution in [2.75, 3.05) is 0 Å². The molecule has 0 amide bonds. The molecule has 0 aliphatic heterocycles. The molecule has 5 nitrogen and oxygen atoms in total. The first-order valence-electron chi connectivity index (χ1n) is 6.75. The van der Waals surface area contributed by atoms with Crippen LogP contribution in [0.1, 0.15) is 21.3 Å². The molecular formula is C15H15N5S. The largest absolute Gasteiger partial charge is 0.254 e. The molecular weight excluding hydrogens is 282 g/mol. The van der Waals surface area contributed by atoms with Crippen LogP contribution in [0.3, 0.4) is 0 Å². The lowest BCUT2D eigenvalue weighted by Gasteiger charge is -2.01. The zero-order valence-corrected chi connectivity index (χ0v) is 12.8. The maximum Gasteiger partial charge on any atom is 0.117 e. The van der Waals surface area contributed by atoms with Crippen molar-refractivity contribution in [2.24, 2.45) is 0 Å². The minimum atomic E-state index is 0.797. The van der Waals surface area contributed by atoms with Crippen molar-refractivity contribution < 1.29 is 0 Å². The minimum absolute atomic E-state index is 0.797. The summed E-state index contributed by atoms with van der Waals surface area (Å²) in [5.41, 5.74) is 3.74. The third-order valence-corrected chi connectivity index (χ3v) is 3.95. The van der Waals surface area contributed by atoms with Crippen molar-refractivity contribution in [3.63, 3.8) is 0 Å². The smallest absolute Gasteiger partial charge is 0.117 e. The Morgan fingerprint density at radius 3 is 2.33 bits per heavy atom. The van der Waals surface area contributed by atoms with Crippen LogP contribution >= 0.6 is 11.3 Å². The monoisotopic (exact) mass is 297 g/mol. The van der Waals surface area contributed by atoms with Gasteiger partial charge in [-0.2, -0.15) is 5.10 Å². The Hall–Kier alpha value is -2.21. The number of aromatic nitrogens is 5. The minimum Gasteiger partial charge on any atom is -0.254 e. The van der Waals surface area contributed by atoms with Crippen LogP contribution in [0.25, 0.3) is 11.4 Å². The Balaban J connectivity index is 1.67. The van der Waals surface area contributed by atoms with Crippen LogP contribution < -0.4 is 0 Å². The van der Waals surface area contributed by atoms with Gasteiger partial charge in [0.2, 0.25) is 0 Å². The second-order valence-electron chi connectivity index (χ2n) is 4.85. The van der Waals surface area contributed by atoms with E-state index >= 15 is 0 Å². The van der Waals surface area contributed by atoms with E-state index in [9.17, 15) is 0 Å². The normalized spacial score (nSPS) is 10.8. The van der Waals surface area contributed by atoms with Crippen LogP contribution in [0, 0.1) is 13.8 Å². The van der Waals surface area contributed by atoms with Gasteiger partial charge in [-0.05, 0) is 44.0 Å². The summed E-state index contributed by atoms with van der Waals surface area (Å²) in [7, 11) is 0. The average Bonchev–Trinajstić information content (AvgIpc) is 2.92. The Bertz CT molecular complexity index is 719. The number of pyridine rings is 1. The summed E-state index contributed by atoms with van der Waals surface area (Å²) in [4.78, 5) is 4.36. The lowest BCUT2D eigenvalue weighted by atomic mass is 10.2. The zero-order valence-electron chi connectivity index (χ0n) is 11.9. The van der Waals surface area contributed by atoms with Gasteiger partial charge < -0.3 is 0 Å². The van der Waals surface area contributed by atoms with Crippen molar-refractivity contribution in [3.05, 3.63) is 51.7 Å². The van der Waals surface area contributed by atoms with E-state index in [-0.39, 0.29) is 0 Å². The van der Waals surface area contributed by atoms with Crippen molar-refractivity contribution in [2.45, 2.75) is 26.7 Å². The molecule has 0 saturated carbocycles. The maximum atomic E-state index is 4.36. The fourth-order valence-electron chi connectivity index (χ4n) is 1.92. The second kappa shape index (κ2) is 6.05. The molecule has 0 N–H and O–H groups in total. The molecule has 0 atom stereocenters. The van der Waals surface area contributed by atoms with E-state index in [1.54, 1.807) is 11.3 Å². The molecule has 0 aliphatic rings. The molecule has 0 spiro atoms. The SMILES string of the molecule is Cc1ccc(-c2ccc(CCc3nnc(C)s3)nn2)nc1. The number of rotatable bonds is 4. The van der Waals surface area contributed by atoms with Crippen LogP contribution in [0.15, 0.2) is 30.5 Å². The van der Waals surface area contributed by atoms with E-state index in [0.717, 1.165) is 45.5 Å². The summed E-state index contributed by atoms with van der Waals surface area (Å²) < 4.78 is 0. The Morgan fingerprint density at radius 2 is 1.71 bits per heavy atom. The van der Waals surface area contributed by atoms with E-state index < -0.39 is 0 Å². The summed E-state index contributed by atoms with van der Waals surface area (Å²) in [5.74, 6) is 0. The summed E-state index contributed by atoms with van der Waals surface area (Å²) in [6.45, 7) is 3.98. The molecule has 0 aliphatic carbocycles. The summed E-state index contributed by atoms with van der Waals surface area (Å²) in [6, 6.07) is 7.95. The molecule has 0 unspecified atom stereocenters. The van der Waals surface area contributed by atoms with Gasteiger partial charge >= 0.3 is 0 Å². The Kier molecular flexibility index (Phi) is 3.96. The van der Waals surface area contributed by atoms with Gasteiger partial charge in [-0.25, -0.2) is 0 Å². The molecule has 6 heteroatoms. The van der Waals surface area contributed by atoms with Crippen LogP contribution in [-0.4, -0.2) is 25.4 Å². The Morgan fingerprint density at radius 1 is 0.857 bits per heavy atom. The lowest BCUT2D eigenvalue weighted by molar-refractivity contribution is 0.839. The van der Waals surface area contributed by atoms with Gasteiger partial charge in [0.05, 0.1) is 11.4 Å². The summed E-state index contributed by atoms with van der Waals surface area (Å²) in [6.07, 6.45) is 3.51. The fourth-order valence-corrected chi connectivity index (χ4v) is 2.63. The molecule has 0 aromatic carbocycles. The maximum absolute atomic E-state index is 4.36. The molecule has 3 heterocycles. The van der Waals surface area contributed by atoms with Crippen LogP contribution in [0.4, 0.5) is 0 Å². The molecule has 0 fully saturated rings. The molecule has 21 heavy (non-hydrogen) atoms. The van der Waals surface area contributed by atoms with E-state index in [1.165, 1.54) is 0 Å². The van der Waals surface area contributed by atoms with E-state index in [4.69, 9.17) is 0 Å². The standard InChI is InChI=1S/C15H15N5S/c1-10-3-6-13(16-9-10)14-7-4-12(18-19-14)5-8-15-20-17-11(2)21-15/h3-4,6-7,9H,5,8H2,1-2H3. The van der Waals surface area contributed by atoms with Crippen LogP contribution in [-0.2, 0) is 12.8 Å². The first kappa shape index (κ1) is 13.8. The van der Waals surface area contributed by atoms with Gasteiger partial charge in [-0.15, -0.1) is 26.6 Å². The van der Waals surface area contributed by atoms with Gasteiger partial charge in [0, 0.05) is 12.6 Å². The highest BCUT2D eigenvalue weighted by Gasteiger charge is 2.05. The molecule has 0 saturated heterocycles. The third kappa shape index (κ3) is 3.46. The highest BCUT2D eigenvalue weighted by Crippen LogP contribution is 2.15. The van der Waals surface area contributed by atoms with Gasteiger partial charge in [-0.3, -0.25) is 4.98 Å². The van der Waals surface area contributed by atoms with E-state index in [1.807, 2.05) is 44.3 Å². The van der Waals surface area contributed by atoms with Crippen molar-refractivity contribution in [1.82, 2.24) is 25.4 Å². The van der Waals surface area contributed by atoms with Gasteiger partial charge in [-0.1, -0.05) is 6.07 Å². The van der Waals surface area contributed by atoms with Crippen LogP contribution in [0.5, 0.6) is 0 Å². The van der Waals surface area contributed by atoms with Crippen molar-refractivity contribution in [1.29, 1.82) is 0 Å². The fraction of sp³-hybridized carbons (Fsp3) is 0.267. The second-order valence-corrected chi connectivity index (χ2v) is 6.11. The molecule has 3 aromatic heterocycles. The molecule has 0 radical (unpaired) electrons. The van der Waals surface area contributed by atoms with Crippen molar-refractivity contribution in [3.8, 4) is 11.4 Å². The lowest BCUT2D eigenvalue weighted by Crippen LogP contribution is -1.98. The molecule has 3 rings (SSSR count). The quantitative estimate of drug-likeness (QED) is 0.741. The van der Waals surface area contributed by atoms with Crippen LogP contribution in [0.2, 0.25) is 0 Å². The number of hydrogen-bond donors (Lipinski definition) is 0. The zero-order chi connectivity index (χ0) is 14.7.